The molecule has 19 heavy (non-hydrogen) atoms. The standard InChI is InChI=1S/C13H17FN4O/c1-3-15-7-10-5-4-6-11(14)13(10)19-8-12-17-16-9-18(12)2/h4-6,9,15H,3,7-8H2,1-2H3. The first-order valence-corrected chi connectivity index (χ1v) is 6.16. The Labute approximate surface area is 111 Å². The van der Waals surface area contributed by atoms with Crippen molar-refractivity contribution in [2.24, 2.45) is 7.05 Å². The van der Waals surface area contributed by atoms with Gasteiger partial charge >= 0.3 is 0 Å². The highest BCUT2D eigenvalue weighted by Gasteiger charge is 2.11. The van der Waals surface area contributed by atoms with Gasteiger partial charge in [0.1, 0.15) is 12.9 Å². The molecule has 2 aromatic rings. The monoisotopic (exact) mass is 264 g/mol. The van der Waals surface area contributed by atoms with Crippen LogP contribution in [0.3, 0.4) is 0 Å². The molecule has 0 saturated heterocycles. The molecule has 0 aliphatic heterocycles. The fourth-order valence-corrected chi connectivity index (χ4v) is 1.69. The van der Waals surface area contributed by atoms with Crippen LogP contribution in [-0.4, -0.2) is 21.3 Å². The lowest BCUT2D eigenvalue weighted by Crippen LogP contribution is -2.14. The third-order valence-corrected chi connectivity index (χ3v) is 2.76. The van der Waals surface area contributed by atoms with Crippen LogP contribution >= 0.6 is 0 Å². The van der Waals surface area contributed by atoms with Gasteiger partial charge in [0.25, 0.3) is 0 Å². The van der Waals surface area contributed by atoms with Crippen LogP contribution in [0.25, 0.3) is 0 Å². The Balaban J connectivity index is 2.12. The van der Waals surface area contributed by atoms with Gasteiger partial charge in [0.2, 0.25) is 0 Å². The molecular weight excluding hydrogens is 247 g/mol. The maximum Gasteiger partial charge on any atom is 0.170 e. The van der Waals surface area contributed by atoms with Crippen molar-refractivity contribution in [2.75, 3.05) is 6.54 Å². The molecule has 0 amide bonds. The Bertz CT molecular complexity index is 541. The summed E-state index contributed by atoms with van der Waals surface area (Å²) in [7, 11) is 1.82. The maximum absolute atomic E-state index is 13.8. The average molecular weight is 264 g/mol. The molecule has 0 bridgehead atoms. The van der Waals surface area contributed by atoms with Crippen LogP contribution in [0.5, 0.6) is 5.75 Å². The predicted octanol–water partition coefficient (Wildman–Crippen LogP) is 1.64. The molecule has 0 spiro atoms. The molecule has 1 N–H and O–H groups in total. The maximum atomic E-state index is 13.8. The number of para-hydroxylation sites is 1. The highest BCUT2D eigenvalue weighted by molar-refractivity contribution is 5.34. The van der Waals surface area contributed by atoms with Gasteiger partial charge in [-0.05, 0) is 12.6 Å². The second kappa shape index (κ2) is 6.29. The molecule has 0 aliphatic carbocycles. The van der Waals surface area contributed by atoms with E-state index in [0.29, 0.717) is 12.4 Å². The van der Waals surface area contributed by atoms with E-state index in [4.69, 9.17) is 4.74 Å². The number of benzene rings is 1. The Morgan fingerprint density at radius 3 is 2.95 bits per heavy atom. The molecule has 1 aromatic heterocycles. The Kier molecular flexibility index (Phi) is 4.46. The number of ether oxygens (including phenoxy) is 1. The van der Waals surface area contributed by atoms with E-state index < -0.39 is 0 Å². The second-order valence-corrected chi connectivity index (χ2v) is 4.16. The number of halogens is 1. The van der Waals surface area contributed by atoms with Crippen molar-refractivity contribution in [3.63, 3.8) is 0 Å². The van der Waals surface area contributed by atoms with Gasteiger partial charge in [0.15, 0.2) is 17.4 Å². The fraction of sp³-hybridized carbons (Fsp3) is 0.385. The van der Waals surface area contributed by atoms with Gasteiger partial charge in [-0.1, -0.05) is 19.1 Å². The first-order chi connectivity index (χ1) is 9.22. The van der Waals surface area contributed by atoms with E-state index >= 15 is 0 Å². The summed E-state index contributed by atoms with van der Waals surface area (Å²) in [6.07, 6.45) is 1.58. The third-order valence-electron chi connectivity index (χ3n) is 2.76. The molecule has 6 heteroatoms. The molecule has 0 saturated carbocycles. The lowest BCUT2D eigenvalue weighted by atomic mass is 10.2. The zero-order valence-corrected chi connectivity index (χ0v) is 11.1. The second-order valence-electron chi connectivity index (χ2n) is 4.16. The summed E-state index contributed by atoms with van der Waals surface area (Å²) in [4.78, 5) is 0. The quantitative estimate of drug-likeness (QED) is 0.862. The van der Waals surface area contributed by atoms with Crippen LogP contribution in [0, 0.1) is 5.82 Å². The highest BCUT2D eigenvalue weighted by Crippen LogP contribution is 2.23. The van der Waals surface area contributed by atoms with Crippen LogP contribution < -0.4 is 10.1 Å². The molecule has 0 atom stereocenters. The minimum absolute atomic E-state index is 0.191. The van der Waals surface area contributed by atoms with Crippen LogP contribution in [-0.2, 0) is 20.2 Å². The van der Waals surface area contributed by atoms with E-state index in [2.05, 4.69) is 15.5 Å². The van der Waals surface area contributed by atoms with E-state index in [9.17, 15) is 4.39 Å². The van der Waals surface area contributed by atoms with Crippen molar-refractivity contribution in [2.45, 2.75) is 20.1 Å². The topological polar surface area (TPSA) is 52.0 Å². The van der Waals surface area contributed by atoms with Crippen LogP contribution in [0.1, 0.15) is 18.3 Å². The smallest absolute Gasteiger partial charge is 0.170 e. The van der Waals surface area contributed by atoms with Crippen molar-refractivity contribution in [3.8, 4) is 5.75 Å². The zero-order valence-electron chi connectivity index (χ0n) is 11.1. The summed E-state index contributed by atoms with van der Waals surface area (Å²) in [6.45, 7) is 3.58. The van der Waals surface area contributed by atoms with Gasteiger partial charge in [-0.2, -0.15) is 0 Å². The van der Waals surface area contributed by atoms with E-state index in [1.165, 1.54) is 6.07 Å². The molecule has 5 nitrogen and oxygen atoms in total. The Morgan fingerprint density at radius 2 is 2.26 bits per heavy atom. The van der Waals surface area contributed by atoms with E-state index in [-0.39, 0.29) is 18.2 Å². The van der Waals surface area contributed by atoms with Gasteiger partial charge in [0.05, 0.1) is 0 Å². The predicted molar refractivity (Wildman–Crippen MR) is 69.1 cm³/mol. The van der Waals surface area contributed by atoms with Crippen LogP contribution in [0.2, 0.25) is 0 Å². The number of nitrogens with one attached hydrogen (secondary N) is 1. The fourth-order valence-electron chi connectivity index (χ4n) is 1.69. The van der Waals surface area contributed by atoms with Crippen molar-refractivity contribution in [1.29, 1.82) is 0 Å². The lowest BCUT2D eigenvalue weighted by Gasteiger charge is -2.12. The van der Waals surface area contributed by atoms with Crippen molar-refractivity contribution >= 4 is 0 Å². The molecule has 0 fully saturated rings. The SMILES string of the molecule is CCNCc1cccc(F)c1OCc1nncn1C. The molecule has 1 heterocycles. The summed E-state index contributed by atoms with van der Waals surface area (Å²) in [5.41, 5.74) is 0.795. The number of rotatable bonds is 6. The number of hydrogen-bond acceptors (Lipinski definition) is 4. The zero-order chi connectivity index (χ0) is 13.7. The van der Waals surface area contributed by atoms with Gasteiger partial charge in [-0.3, -0.25) is 0 Å². The molecule has 2 rings (SSSR count). The van der Waals surface area contributed by atoms with Crippen molar-refractivity contribution in [1.82, 2.24) is 20.1 Å². The van der Waals surface area contributed by atoms with Crippen molar-refractivity contribution in [3.05, 3.63) is 41.7 Å². The number of nitrogens with zero attached hydrogens (tertiary/aromatic N) is 3. The van der Waals surface area contributed by atoms with Gasteiger partial charge in [-0.25, -0.2) is 4.39 Å². The Hall–Kier alpha value is -1.95. The Morgan fingerprint density at radius 1 is 1.42 bits per heavy atom. The first-order valence-electron chi connectivity index (χ1n) is 6.16. The van der Waals surface area contributed by atoms with E-state index in [1.54, 1.807) is 17.0 Å². The number of aromatic nitrogens is 3. The molecule has 102 valence electrons. The number of aryl methyl sites for hydroxylation is 1. The van der Waals surface area contributed by atoms with Crippen LogP contribution in [0.4, 0.5) is 4.39 Å². The molecule has 0 unspecified atom stereocenters. The minimum atomic E-state index is -0.363. The molecule has 0 radical (unpaired) electrons. The largest absolute Gasteiger partial charge is 0.482 e. The highest BCUT2D eigenvalue weighted by atomic mass is 19.1. The van der Waals surface area contributed by atoms with E-state index in [1.807, 2.05) is 20.0 Å². The molecular formula is C13H17FN4O. The summed E-state index contributed by atoms with van der Waals surface area (Å²) >= 11 is 0. The van der Waals surface area contributed by atoms with Gasteiger partial charge in [0, 0.05) is 19.2 Å². The average Bonchev–Trinajstić information content (AvgIpc) is 2.81. The first kappa shape index (κ1) is 13.5. The van der Waals surface area contributed by atoms with E-state index in [0.717, 1.165) is 12.1 Å². The normalized spacial score (nSPS) is 10.7. The van der Waals surface area contributed by atoms with Gasteiger partial charge < -0.3 is 14.6 Å². The molecule has 1 aromatic carbocycles. The summed E-state index contributed by atoms with van der Waals surface area (Å²) in [6, 6.07) is 4.91. The number of hydrogen-bond donors (Lipinski definition) is 1. The third kappa shape index (κ3) is 3.29. The summed E-state index contributed by atoms with van der Waals surface area (Å²) < 4.78 is 21.1. The van der Waals surface area contributed by atoms with Crippen LogP contribution in [0.15, 0.2) is 24.5 Å². The lowest BCUT2D eigenvalue weighted by molar-refractivity contribution is 0.273. The van der Waals surface area contributed by atoms with Gasteiger partial charge in [-0.15, -0.1) is 10.2 Å². The summed E-state index contributed by atoms with van der Waals surface area (Å²) in [5.74, 6) is 0.557. The summed E-state index contributed by atoms with van der Waals surface area (Å²) in [5, 5.41) is 10.8. The molecule has 0 aliphatic rings. The minimum Gasteiger partial charge on any atom is -0.482 e. The van der Waals surface area contributed by atoms with Crippen molar-refractivity contribution < 1.29 is 9.13 Å².